The molecule has 8 rings (SSSR count). The third kappa shape index (κ3) is 4.48. The van der Waals surface area contributed by atoms with Gasteiger partial charge in [-0.05, 0) is 94.7 Å². The molecule has 5 aromatic rings. The molecule has 0 spiro atoms. The summed E-state index contributed by atoms with van der Waals surface area (Å²) in [5.41, 5.74) is 2.30. The number of piperidine rings is 1. The number of carbonyl (C=O) groups is 1. The number of halogens is 2. The number of carbonyl (C=O) groups excluding carboxylic acids is 1. The van der Waals surface area contributed by atoms with E-state index in [-0.39, 0.29) is 29.5 Å². The molecule has 1 saturated heterocycles. The molecule has 10 nitrogen and oxygen atoms in total. The van der Waals surface area contributed by atoms with Gasteiger partial charge in [0.25, 0.3) is 0 Å². The van der Waals surface area contributed by atoms with Gasteiger partial charge >= 0.3 is 11.8 Å². The number of hydrogen-bond acceptors (Lipinski definition) is 5. The van der Waals surface area contributed by atoms with E-state index in [1.807, 2.05) is 31.7 Å². The third-order valence-electron chi connectivity index (χ3n) is 9.43. The number of fused-ring (bicyclic) bond motifs is 5. The Hall–Kier alpha value is -4.74. The highest BCUT2D eigenvalue weighted by atomic mass is 19.1. The van der Waals surface area contributed by atoms with Gasteiger partial charge in [-0.25, -0.2) is 23.1 Å². The van der Waals surface area contributed by atoms with Crippen LogP contribution in [-0.2, 0) is 18.2 Å². The van der Waals surface area contributed by atoms with Crippen LogP contribution in [-0.4, -0.2) is 51.3 Å². The lowest BCUT2D eigenvalue weighted by atomic mass is 9.83. The van der Waals surface area contributed by atoms with Crippen molar-refractivity contribution in [2.24, 2.45) is 7.05 Å². The minimum absolute atomic E-state index is 0.0927. The molecule has 46 heavy (non-hydrogen) atoms. The Balaban J connectivity index is 1.33. The van der Waals surface area contributed by atoms with E-state index in [0.717, 1.165) is 36.9 Å². The van der Waals surface area contributed by atoms with E-state index in [9.17, 15) is 14.0 Å². The van der Waals surface area contributed by atoms with Gasteiger partial charge in [-0.2, -0.15) is 10.2 Å². The molecule has 2 aliphatic heterocycles. The van der Waals surface area contributed by atoms with E-state index in [1.54, 1.807) is 40.8 Å². The van der Waals surface area contributed by atoms with Crippen molar-refractivity contribution in [2.45, 2.75) is 82.9 Å². The first-order valence-electron chi connectivity index (χ1n) is 15.8. The molecule has 0 radical (unpaired) electrons. The Kier molecular flexibility index (Phi) is 6.32. The molecular weight excluding hydrogens is 592 g/mol. The van der Waals surface area contributed by atoms with Crippen LogP contribution in [0.3, 0.4) is 0 Å². The highest BCUT2D eigenvalue weighted by Gasteiger charge is 2.46. The van der Waals surface area contributed by atoms with Crippen molar-refractivity contribution in [1.82, 2.24) is 33.6 Å². The minimum atomic E-state index is -0.681. The quantitative estimate of drug-likeness (QED) is 0.235. The Morgan fingerprint density at radius 2 is 1.80 bits per heavy atom. The second-order valence-electron chi connectivity index (χ2n) is 13.7. The van der Waals surface area contributed by atoms with Gasteiger partial charge in [0.1, 0.15) is 17.2 Å². The summed E-state index contributed by atoms with van der Waals surface area (Å²) in [5.74, 6) is -0.209. The Morgan fingerprint density at radius 3 is 2.57 bits per heavy atom. The van der Waals surface area contributed by atoms with Crippen LogP contribution in [0.15, 0.2) is 53.7 Å². The number of aromatic nitrogens is 6. The summed E-state index contributed by atoms with van der Waals surface area (Å²) in [5, 5.41) is 9.51. The van der Waals surface area contributed by atoms with Crippen molar-refractivity contribution in [3.05, 3.63) is 87.9 Å². The number of aryl methyl sites for hydroxylation is 1. The van der Waals surface area contributed by atoms with Crippen LogP contribution >= 0.6 is 0 Å². The molecule has 5 heterocycles. The maximum absolute atomic E-state index is 15.8. The number of rotatable bonds is 4. The molecule has 3 aromatic heterocycles. The maximum atomic E-state index is 15.8. The molecule has 3 aliphatic rings. The first kappa shape index (κ1) is 28.7. The molecule has 2 fully saturated rings. The number of amides is 1. The van der Waals surface area contributed by atoms with Crippen LogP contribution in [0.25, 0.3) is 28.1 Å². The van der Waals surface area contributed by atoms with Gasteiger partial charge in [0, 0.05) is 37.5 Å². The minimum Gasteiger partial charge on any atom is -0.444 e. The van der Waals surface area contributed by atoms with Crippen molar-refractivity contribution < 1.29 is 18.3 Å². The van der Waals surface area contributed by atoms with E-state index >= 15 is 4.39 Å². The van der Waals surface area contributed by atoms with Crippen molar-refractivity contribution >= 4 is 17.0 Å². The first-order valence-corrected chi connectivity index (χ1v) is 15.8. The summed E-state index contributed by atoms with van der Waals surface area (Å²) >= 11 is 0. The molecule has 2 aromatic carbocycles. The zero-order valence-corrected chi connectivity index (χ0v) is 26.2. The number of benzene rings is 2. The smallest absolute Gasteiger partial charge is 0.411 e. The van der Waals surface area contributed by atoms with Crippen molar-refractivity contribution in [2.75, 3.05) is 0 Å². The third-order valence-corrected chi connectivity index (χ3v) is 9.43. The van der Waals surface area contributed by atoms with E-state index in [1.165, 1.54) is 27.6 Å². The molecule has 238 valence electrons. The van der Waals surface area contributed by atoms with Gasteiger partial charge in [-0.15, -0.1) is 0 Å². The second kappa shape index (κ2) is 10.1. The van der Waals surface area contributed by atoms with Crippen molar-refractivity contribution in [3.63, 3.8) is 0 Å². The van der Waals surface area contributed by atoms with Gasteiger partial charge in [-0.3, -0.25) is 18.7 Å². The molecule has 0 N–H and O–H groups in total. The predicted molar refractivity (Wildman–Crippen MR) is 167 cm³/mol. The zero-order valence-electron chi connectivity index (χ0n) is 26.2. The van der Waals surface area contributed by atoms with E-state index in [4.69, 9.17) is 9.84 Å². The summed E-state index contributed by atoms with van der Waals surface area (Å²) in [4.78, 5) is 29.7. The fourth-order valence-electron chi connectivity index (χ4n) is 7.21. The van der Waals surface area contributed by atoms with Crippen LogP contribution in [0.2, 0.25) is 0 Å². The normalized spacial score (nSPS) is 19.5. The first-order chi connectivity index (χ1) is 22.0. The molecule has 2 atom stereocenters. The monoisotopic (exact) mass is 627 g/mol. The summed E-state index contributed by atoms with van der Waals surface area (Å²) in [6, 6.07) is 7.73. The molecule has 12 heteroatoms. The van der Waals surface area contributed by atoms with Gasteiger partial charge in [-0.1, -0.05) is 0 Å². The lowest BCUT2D eigenvalue weighted by Crippen LogP contribution is -2.51. The Labute approximate surface area is 263 Å². The SMILES string of the molecule is Cn1ncc2c(F)c(-n3ccn(-c4c5c(nn4-c4ccc(F)c(C6CC6)c4)CC4CCCC5N4C(=O)OC(C)(C)C)c3=O)ccc21. The lowest BCUT2D eigenvalue weighted by molar-refractivity contribution is -0.00974. The average molecular weight is 628 g/mol. The number of nitrogens with zero attached hydrogens (tertiary/aromatic N) is 7. The number of imidazole rings is 1. The number of ether oxygens (including phenoxy) is 1. The van der Waals surface area contributed by atoms with Gasteiger partial charge < -0.3 is 4.74 Å². The highest BCUT2D eigenvalue weighted by Crippen LogP contribution is 2.46. The fraction of sp³-hybridized carbons (Fsp3) is 0.412. The summed E-state index contributed by atoms with van der Waals surface area (Å²) in [7, 11) is 1.73. The van der Waals surface area contributed by atoms with Crippen LogP contribution in [0.4, 0.5) is 13.6 Å². The molecule has 1 aliphatic carbocycles. The molecular formula is C34H35F2N7O3. The van der Waals surface area contributed by atoms with Crippen LogP contribution in [0.1, 0.15) is 81.7 Å². The largest absolute Gasteiger partial charge is 0.444 e. The Morgan fingerprint density at radius 1 is 1.02 bits per heavy atom. The summed E-state index contributed by atoms with van der Waals surface area (Å²) in [6.07, 6.45) is 8.88. The predicted octanol–water partition coefficient (Wildman–Crippen LogP) is 6.24. The van der Waals surface area contributed by atoms with Gasteiger partial charge in [0.2, 0.25) is 0 Å². The van der Waals surface area contributed by atoms with Crippen LogP contribution < -0.4 is 5.69 Å². The van der Waals surface area contributed by atoms with Crippen LogP contribution in [0, 0.1) is 11.6 Å². The molecule has 2 unspecified atom stereocenters. The van der Waals surface area contributed by atoms with Crippen molar-refractivity contribution in [3.8, 4) is 17.2 Å². The van der Waals surface area contributed by atoms with Gasteiger partial charge in [0.15, 0.2) is 5.82 Å². The fourth-order valence-corrected chi connectivity index (χ4v) is 7.21. The van der Waals surface area contributed by atoms with E-state index in [2.05, 4.69) is 5.10 Å². The number of hydrogen-bond donors (Lipinski definition) is 0. The highest BCUT2D eigenvalue weighted by molar-refractivity contribution is 5.81. The molecule has 1 amide bonds. The van der Waals surface area contributed by atoms with Gasteiger partial charge in [0.05, 0.1) is 40.2 Å². The summed E-state index contributed by atoms with van der Waals surface area (Å²) < 4.78 is 42.5. The average Bonchev–Trinajstić information content (AvgIpc) is 3.53. The Bertz CT molecular complexity index is 2100. The zero-order chi connectivity index (χ0) is 32.1. The van der Waals surface area contributed by atoms with Crippen molar-refractivity contribution in [1.29, 1.82) is 0 Å². The van der Waals surface area contributed by atoms with E-state index in [0.29, 0.717) is 40.8 Å². The second-order valence-corrected chi connectivity index (χ2v) is 13.7. The lowest BCUT2D eigenvalue weighted by Gasteiger charge is -2.45. The molecule has 1 saturated carbocycles. The van der Waals surface area contributed by atoms with Crippen LogP contribution in [0.5, 0.6) is 0 Å². The molecule has 2 bridgehead atoms. The summed E-state index contributed by atoms with van der Waals surface area (Å²) in [6.45, 7) is 5.53. The topological polar surface area (TPSA) is 92.1 Å². The standard InChI is InChI=1S/C34H35F2N7O3/c1-34(2,3)46-33(45)42-20-6-5-7-27(42)29-25(17-20)38-43(21-10-11-24(35)22(16-21)19-8-9-19)31(29)41-15-14-40(32(41)44)28-13-12-26-23(30(28)36)18-37-39(26)4/h10-16,18-20,27H,5-9,17H2,1-4H3. The maximum Gasteiger partial charge on any atom is 0.411 e. The van der Waals surface area contributed by atoms with E-state index < -0.39 is 23.2 Å².